The number of thioether (sulfide) groups is 1. The summed E-state index contributed by atoms with van der Waals surface area (Å²) in [6.07, 6.45) is 1.71. The molecule has 0 spiro atoms. The zero-order chi connectivity index (χ0) is 13.4. The molecule has 0 fully saturated rings. The van der Waals surface area contributed by atoms with Gasteiger partial charge in [0.15, 0.2) is 0 Å². The topological polar surface area (TPSA) is 87.5 Å². The monoisotopic (exact) mass is 295 g/mol. The molecule has 6 nitrogen and oxygen atoms in total. The lowest BCUT2D eigenvalue weighted by Crippen LogP contribution is -2.11. The third-order valence-electron chi connectivity index (χ3n) is 2.57. The number of aromatic amines is 1. The Morgan fingerprint density at radius 2 is 2.42 bits per heavy atom. The molecule has 2 N–H and O–H groups in total. The van der Waals surface area contributed by atoms with Gasteiger partial charge in [0.1, 0.15) is 9.73 Å². The Balaban J connectivity index is 1.98. The second-order valence-corrected chi connectivity index (χ2v) is 5.89. The van der Waals surface area contributed by atoms with Crippen molar-refractivity contribution in [2.45, 2.75) is 11.4 Å². The number of imidazole rings is 1. The van der Waals surface area contributed by atoms with Gasteiger partial charge in [-0.15, -0.1) is 23.1 Å². The zero-order valence-electron chi connectivity index (χ0n) is 9.62. The predicted octanol–water partition coefficient (Wildman–Crippen LogP) is 1.80. The van der Waals surface area contributed by atoms with E-state index >= 15 is 0 Å². The normalized spacial score (nSPS) is 11.4. The van der Waals surface area contributed by atoms with Crippen molar-refractivity contribution in [1.82, 2.24) is 14.4 Å². The molecule has 3 aromatic heterocycles. The number of thiophene rings is 1. The van der Waals surface area contributed by atoms with Crippen LogP contribution in [-0.4, -0.2) is 31.2 Å². The van der Waals surface area contributed by atoms with E-state index < -0.39 is 5.97 Å². The number of carbonyl (C=O) groups is 1. The first-order chi connectivity index (χ1) is 9.15. The first-order valence-corrected chi connectivity index (χ1v) is 7.35. The smallest absolute Gasteiger partial charge is 0.304 e. The lowest BCUT2D eigenvalue weighted by atomic mass is 10.5. The van der Waals surface area contributed by atoms with Crippen LogP contribution in [0.1, 0.15) is 6.42 Å². The fraction of sp³-hybridized carbons (Fsp3) is 0.182. The summed E-state index contributed by atoms with van der Waals surface area (Å²) in [6, 6.07) is 1.84. The van der Waals surface area contributed by atoms with Gasteiger partial charge in [0.2, 0.25) is 5.78 Å². The largest absolute Gasteiger partial charge is 0.481 e. The van der Waals surface area contributed by atoms with E-state index in [4.69, 9.17) is 5.11 Å². The van der Waals surface area contributed by atoms with Crippen molar-refractivity contribution in [3.8, 4) is 0 Å². The molecule has 8 heteroatoms. The molecule has 0 aromatic carbocycles. The van der Waals surface area contributed by atoms with Gasteiger partial charge in [-0.3, -0.25) is 9.59 Å². The van der Waals surface area contributed by atoms with Crippen LogP contribution >= 0.6 is 23.1 Å². The maximum absolute atomic E-state index is 12.2. The second kappa shape index (κ2) is 4.71. The molecule has 0 bridgehead atoms. The molecule has 0 unspecified atom stereocenters. The lowest BCUT2D eigenvalue weighted by Gasteiger charge is -1.92. The lowest BCUT2D eigenvalue weighted by molar-refractivity contribution is -0.136. The zero-order valence-corrected chi connectivity index (χ0v) is 11.3. The van der Waals surface area contributed by atoms with Crippen molar-refractivity contribution in [3.05, 3.63) is 28.0 Å². The van der Waals surface area contributed by atoms with Gasteiger partial charge in [0.05, 0.1) is 11.9 Å². The molecule has 3 aromatic rings. The van der Waals surface area contributed by atoms with Crippen molar-refractivity contribution in [2.75, 3.05) is 5.75 Å². The number of nitrogens with one attached hydrogen (secondary N) is 1. The average molecular weight is 295 g/mol. The summed E-state index contributed by atoms with van der Waals surface area (Å²) in [4.78, 5) is 30.0. The van der Waals surface area contributed by atoms with Crippen molar-refractivity contribution in [1.29, 1.82) is 0 Å². The SMILES string of the molecule is O=C(O)CCSc1cn2c(=O)c3sccc3[nH]c2n1. The summed E-state index contributed by atoms with van der Waals surface area (Å²) in [7, 11) is 0. The van der Waals surface area contributed by atoms with Crippen LogP contribution in [0.25, 0.3) is 16.0 Å². The quantitative estimate of drug-likeness (QED) is 0.717. The molecule has 0 amide bonds. The number of H-pyrrole nitrogens is 1. The molecular weight excluding hydrogens is 286 g/mol. The minimum atomic E-state index is -0.840. The fourth-order valence-corrected chi connectivity index (χ4v) is 3.32. The average Bonchev–Trinajstić information content (AvgIpc) is 2.95. The van der Waals surface area contributed by atoms with Crippen molar-refractivity contribution in [2.24, 2.45) is 0 Å². The van der Waals surface area contributed by atoms with E-state index in [9.17, 15) is 9.59 Å². The molecule has 0 aliphatic rings. The van der Waals surface area contributed by atoms with Gasteiger partial charge >= 0.3 is 5.97 Å². The van der Waals surface area contributed by atoms with Gasteiger partial charge in [-0.25, -0.2) is 9.38 Å². The van der Waals surface area contributed by atoms with Gasteiger partial charge in [0.25, 0.3) is 5.56 Å². The van der Waals surface area contributed by atoms with E-state index in [1.165, 1.54) is 27.5 Å². The third-order valence-corrected chi connectivity index (χ3v) is 4.38. The van der Waals surface area contributed by atoms with Gasteiger partial charge in [0, 0.05) is 11.9 Å². The Kier molecular flexibility index (Phi) is 3.03. The van der Waals surface area contributed by atoms with Crippen LogP contribution in [0.5, 0.6) is 0 Å². The Hall–Kier alpha value is -1.80. The molecule has 0 radical (unpaired) electrons. The standard InChI is InChI=1S/C11H9N3O3S2/c15-8(16)2-4-18-7-5-14-10(17)9-6(1-3-19-9)12-11(14)13-7/h1,3,5H,2,4H2,(H,12,13)(H,15,16). The molecule has 0 saturated carbocycles. The van der Waals surface area contributed by atoms with Gasteiger partial charge < -0.3 is 10.1 Å². The fourth-order valence-electron chi connectivity index (χ4n) is 1.72. The van der Waals surface area contributed by atoms with E-state index in [1.807, 2.05) is 11.4 Å². The van der Waals surface area contributed by atoms with E-state index in [2.05, 4.69) is 9.97 Å². The highest BCUT2D eigenvalue weighted by Gasteiger charge is 2.10. The predicted molar refractivity (Wildman–Crippen MR) is 74.2 cm³/mol. The number of nitrogens with zero attached hydrogens (tertiary/aromatic N) is 2. The highest BCUT2D eigenvalue weighted by molar-refractivity contribution is 7.99. The number of hydrogen-bond acceptors (Lipinski definition) is 5. The molecule has 19 heavy (non-hydrogen) atoms. The number of rotatable bonds is 4. The Morgan fingerprint density at radius 1 is 1.58 bits per heavy atom. The summed E-state index contributed by atoms with van der Waals surface area (Å²) in [5.74, 6) is 0.0727. The molecular formula is C11H9N3O3S2. The number of aliphatic carboxylic acids is 1. The van der Waals surface area contributed by atoms with Crippen molar-refractivity contribution < 1.29 is 9.90 Å². The van der Waals surface area contributed by atoms with Crippen LogP contribution in [0.2, 0.25) is 0 Å². The third kappa shape index (κ3) is 2.24. The van der Waals surface area contributed by atoms with Crippen LogP contribution < -0.4 is 5.56 Å². The second-order valence-electron chi connectivity index (χ2n) is 3.86. The highest BCUT2D eigenvalue weighted by atomic mass is 32.2. The summed E-state index contributed by atoms with van der Waals surface area (Å²) >= 11 is 2.71. The molecule has 3 rings (SSSR count). The first kappa shape index (κ1) is 12.2. The molecule has 0 atom stereocenters. The number of hydrogen-bond donors (Lipinski definition) is 2. The Labute approximate surface area is 115 Å². The van der Waals surface area contributed by atoms with Crippen LogP contribution in [-0.2, 0) is 4.79 Å². The van der Waals surface area contributed by atoms with Gasteiger partial charge in [-0.1, -0.05) is 0 Å². The number of carboxylic acids is 1. The summed E-state index contributed by atoms with van der Waals surface area (Å²) < 4.78 is 2.12. The van der Waals surface area contributed by atoms with Crippen molar-refractivity contribution >= 4 is 45.1 Å². The van der Waals surface area contributed by atoms with E-state index in [0.717, 1.165) is 5.52 Å². The highest BCUT2D eigenvalue weighted by Crippen LogP contribution is 2.20. The number of carboxylic acid groups (broad SMARTS) is 1. The Bertz CT molecular complexity index is 817. The van der Waals surface area contributed by atoms with Crippen LogP contribution in [0.15, 0.2) is 27.5 Å². The van der Waals surface area contributed by atoms with E-state index in [-0.39, 0.29) is 12.0 Å². The molecule has 3 heterocycles. The van der Waals surface area contributed by atoms with Gasteiger partial charge in [-0.05, 0) is 11.4 Å². The van der Waals surface area contributed by atoms with Crippen molar-refractivity contribution in [3.63, 3.8) is 0 Å². The van der Waals surface area contributed by atoms with Crippen LogP contribution in [0, 0.1) is 0 Å². The number of aromatic nitrogens is 3. The van der Waals surface area contributed by atoms with E-state index in [1.54, 1.807) is 6.20 Å². The summed E-state index contributed by atoms with van der Waals surface area (Å²) in [5, 5.41) is 11.1. The van der Waals surface area contributed by atoms with E-state index in [0.29, 0.717) is 21.3 Å². The number of fused-ring (bicyclic) bond motifs is 2. The maximum Gasteiger partial charge on any atom is 0.304 e. The van der Waals surface area contributed by atoms with Gasteiger partial charge in [-0.2, -0.15) is 0 Å². The Morgan fingerprint density at radius 3 is 3.21 bits per heavy atom. The first-order valence-electron chi connectivity index (χ1n) is 5.48. The summed E-state index contributed by atoms with van der Waals surface area (Å²) in [6.45, 7) is 0. The van der Waals surface area contributed by atoms with Crippen LogP contribution in [0.3, 0.4) is 0 Å². The molecule has 0 aliphatic heterocycles. The minimum Gasteiger partial charge on any atom is -0.481 e. The van der Waals surface area contributed by atoms with Crippen LogP contribution in [0.4, 0.5) is 0 Å². The minimum absolute atomic E-state index is 0.0710. The molecule has 0 aliphatic carbocycles. The molecule has 98 valence electrons. The maximum atomic E-state index is 12.2. The summed E-state index contributed by atoms with van der Waals surface area (Å²) in [5.41, 5.74) is 0.673. The molecule has 0 saturated heterocycles.